The molecule has 0 spiro atoms. The highest BCUT2D eigenvalue weighted by atomic mass is 16.1. The number of likely N-dealkylation sites (N-methyl/N-ethyl adjacent to an activating group) is 1. The molecule has 29 heavy (non-hydrogen) atoms. The lowest BCUT2D eigenvalue weighted by Gasteiger charge is -2.21. The molecule has 0 aliphatic heterocycles. The van der Waals surface area contributed by atoms with Crippen LogP contribution in [0.15, 0.2) is 60.8 Å². The summed E-state index contributed by atoms with van der Waals surface area (Å²) in [6.45, 7) is 6.90. The number of hydrogen-bond acceptors (Lipinski definition) is 2. The molecule has 2 aromatic carbocycles. The number of ketones is 1. The molecule has 0 bridgehead atoms. The van der Waals surface area contributed by atoms with Crippen LogP contribution in [0.4, 0.5) is 0 Å². The molecule has 0 amide bonds. The van der Waals surface area contributed by atoms with Gasteiger partial charge in [-0.2, -0.15) is 5.10 Å². The molecule has 1 unspecified atom stereocenters. The van der Waals surface area contributed by atoms with Gasteiger partial charge in [-0.05, 0) is 39.0 Å². The van der Waals surface area contributed by atoms with Gasteiger partial charge in [0.25, 0.3) is 0 Å². The third-order valence-electron chi connectivity index (χ3n) is 5.88. The van der Waals surface area contributed by atoms with Crippen LogP contribution in [-0.2, 0) is 6.54 Å². The number of Topliss-reactive ketones (excluding diaryl/α,β-unsaturated/α-hetero) is 1. The Morgan fingerprint density at radius 2 is 1.79 bits per heavy atom. The lowest BCUT2D eigenvalue weighted by molar-refractivity contribution is -0.907. The van der Waals surface area contributed by atoms with E-state index in [4.69, 9.17) is 5.10 Å². The second-order valence-electron chi connectivity index (χ2n) is 7.75. The minimum Gasteiger partial charge on any atom is -0.360 e. The number of aromatic amines is 1. The number of nitrogens with one attached hydrogen (secondary N) is 2. The molecular weight excluding hydrogens is 360 g/mol. The third kappa shape index (κ3) is 3.49. The summed E-state index contributed by atoms with van der Waals surface area (Å²) >= 11 is 0. The van der Waals surface area contributed by atoms with Crippen LogP contribution in [0.3, 0.4) is 0 Å². The molecule has 0 saturated heterocycles. The van der Waals surface area contributed by atoms with Gasteiger partial charge in [-0.15, -0.1) is 0 Å². The summed E-state index contributed by atoms with van der Waals surface area (Å²) in [7, 11) is 2.08. The monoisotopic (exact) mass is 387 g/mol. The van der Waals surface area contributed by atoms with Gasteiger partial charge in [0.2, 0.25) is 5.78 Å². The van der Waals surface area contributed by atoms with Crippen LogP contribution in [-0.4, -0.2) is 33.6 Å². The molecule has 5 nitrogen and oxygen atoms in total. The predicted molar refractivity (Wildman–Crippen MR) is 116 cm³/mol. The van der Waals surface area contributed by atoms with E-state index in [0.717, 1.165) is 45.0 Å². The van der Waals surface area contributed by atoms with Gasteiger partial charge >= 0.3 is 0 Å². The van der Waals surface area contributed by atoms with Crippen LogP contribution in [0.1, 0.15) is 34.2 Å². The first kappa shape index (κ1) is 19.2. The number of carbonyl (C=O) groups is 1. The molecule has 2 aromatic heterocycles. The molecule has 4 rings (SSSR count). The fourth-order valence-corrected chi connectivity index (χ4v) is 3.92. The maximum atomic E-state index is 13.2. The average molecular weight is 388 g/mol. The van der Waals surface area contributed by atoms with Gasteiger partial charge in [0.1, 0.15) is 12.6 Å². The summed E-state index contributed by atoms with van der Waals surface area (Å²) in [5, 5.41) is 5.73. The minimum absolute atomic E-state index is 0.158. The van der Waals surface area contributed by atoms with E-state index < -0.39 is 0 Å². The smallest absolute Gasteiger partial charge is 0.221 e. The summed E-state index contributed by atoms with van der Waals surface area (Å²) in [5.41, 5.74) is 6.15. The summed E-state index contributed by atoms with van der Waals surface area (Å²) in [4.78, 5) is 17.5. The molecule has 5 heteroatoms. The number of para-hydroxylation sites is 2. The number of H-pyrrole nitrogens is 1. The van der Waals surface area contributed by atoms with Crippen molar-refractivity contribution >= 4 is 16.7 Å². The van der Waals surface area contributed by atoms with E-state index in [9.17, 15) is 4.79 Å². The standard InChI is InChI=1S/C24H26N4O/c1-16-22(17(2)28(26-16)19-10-6-5-7-11-19)15-27(4)18(3)24(29)21-14-25-23-13-9-8-12-20(21)23/h5-14,18,25H,15H2,1-4H3/p+1/t18-/m0/s1. The molecule has 0 aliphatic rings. The second kappa shape index (κ2) is 7.68. The number of aryl methyl sites for hydroxylation is 1. The summed E-state index contributed by atoms with van der Waals surface area (Å²) < 4.78 is 1.99. The van der Waals surface area contributed by atoms with E-state index >= 15 is 0 Å². The van der Waals surface area contributed by atoms with Crippen molar-refractivity contribution in [3.05, 3.63) is 83.3 Å². The maximum absolute atomic E-state index is 13.2. The first-order chi connectivity index (χ1) is 14.0. The van der Waals surface area contributed by atoms with Gasteiger partial charge in [-0.1, -0.05) is 36.4 Å². The molecule has 2 N–H and O–H groups in total. The number of quaternary nitrogens is 1. The SMILES string of the molecule is Cc1nn(-c2ccccc2)c(C)c1C[NH+](C)[C@@H](C)C(=O)c1c[nH]c2ccccc12. The topological polar surface area (TPSA) is 55.1 Å². The van der Waals surface area contributed by atoms with Crippen LogP contribution in [0.2, 0.25) is 0 Å². The molecule has 2 atom stereocenters. The van der Waals surface area contributed by atoms with Gasteiger partial charge in [-0.3, -0.25) is 4.79 Å². The Bertz CT molecular complexity index is 1160. The van der Waals surface area contributed by atoms with Crippen molar-refractivity contribution in [1.82, 2.24) is 14.8 Å². The van der Waals surface area contributed by atoms with E-state index in [-0.39, 0.29) is 11.8 Å². The summed E-state index contributed by atoms with van der Waals surface area (Å²) in [5.74, 6) is 0.158. The zero-order chi connectivity index (χ0) is 20.5. The Morgan fingerprint density at radius 1 is 1.10 bits per heavy atom. The van der Waals surface area contributed by atoms with Crippen molar-refractivity contribution in [3.63, 3.8) is 0 Å². The maximum Gasteiger partial charge on any atom is 0.221 e. The van der Waals surface area contributed by atoms with Crippen molar-refractivity contribution in [2.24, 2.45) is 0 Å². The zero-order valence-corrected chi connectivity index (χ0v) is 17.4. The van der Waals surface area contributed by atoms with Gasteiger partial charge in [-0.25, -0.2) is 4.68 Å². The van der Waals surface area contributed by atoms with Crippen LogP contribution < -0.4 is 4.90 Å². The third-order valence-corrected chi connectivity index (χ3v) is 5.88. The molecule has 0 radical (unpaired) electrons. The Balaban J connectivity index is 1.57. The number of rotatable bonds is 6. The number of nitrogens with zero attached hydrogens (tertiary/aromatic N) is 2. The fraction of sp³-hybridized carbons (Fsp3) is 0.250. The minimum atomic E-state index is -0.159. The number of fused-ring (bicyclic) bond motifs is 1. The molecule has 0 saturated carbocycles. The van der Waals surface area contributed by atoms with E-state index in [2.05, 4.69) is 31.1 Å². The predicted octanol–water partition coefficient (Wildman–Crippen LogP) is 3.26. The van der Waals surface area contributed by atoms with Crippen molar-refractivity contribution in [2.45, 2.75) is 33.4 Å². The van der Waals surface area contributed by atoms with Crippen LogP contribution in [0.25, 0.3) is 16.6 Å². The van der Waals surface area contributed by atoms with Crippen molar-refractivity contribution in [2.75, 3.05) is 7.05 Å². The Kier molecular flexibility index (Phi) is 5.07. The average Bonchev–Trinajstić information content (AvgIpc) is 3.29. The van der Waals surface area contributed by atoms with Gasteiger partial charge in [0.15, 0.2) is 0 Å². The van der Waals surface area contributed by atoms with Gasteiger partial charge in [0.05, 0.1) is 29.7 Å². The van der Waals surface area contributed by atoms with Crippen molar-refractivity contribution in [3.8, 4) is 5.69 Å². The molecular formula is C24H27N4O+. The number of benzene rings is 2. The molecule has 148 valence electrons. The summed E-state index contributed by atoms with van der Waals surface area (Å²) in [6, 6.07) is 17.9. The number of aromatic nitrogens is 3. The van der Waals surface area contributed by atoms with Crippen LogP contribution >= 0.6 is 0 Å². The van der Waals surface area contributed by atoms with Crippen molar-refractivity contribution < 1.29 is 9.69 Å². The normalized spacial score (nSPS) is 13.5. The van der Waals surface area contributed by atoms with Crippen LogP contribution in [0.5, 0.6) is 0 Å². The van der Waals surface area contributed by atoms with E-state index in [1.807, 2.05) is 67.2 Å². The molecule has 4 aromatic rings. The Labute approximate surface area is 171 Å². The molecule has 0 aliphatic carbocycles. The fourth-order valence-electron chi connectivity index (χ4n) is 3.92. The Morgan fingerprint density at radius 3 is 2.55 bits per heavy atom. The quantitative estimate of drug-likeness (QED) is 0.499. The highest BCUT2D eigenvalue weighted by Crippen LogP contribution is 2.20. The van der Waals surface area contributed by atoms with Gasteiger partial charge < -0.3 is 9.88 Å². The number of carbonyl (C=O) groups excluding carboxylic acids is 1. The largest absolute Gasteiger partial charge is 0.360 e. The first-order valence-corrected chi connectivity index (χ1v) is 10.0. The Hall–Kier alpha value is -3.18. The highest BCUT2D eigenvalue weighted by Gasteiger charge is 2.27. The molecule has 2 heterocycles. The zero-order valence-electron chi connectivity index (χ0n) is 17.4. The van der Waals surface area contributed by atoms with E-state index in [0.29, 0.717) is 0 Å². The number of hydrogen-bond donors (Lipinski definition) is 2. The van der Waals surface area contributed by atoms with Crippen molar-refractivity contribution in [1.29, 1.82) is 0 Å². The van der Waals surface area contributed by atoms with Crippen LogP contribution in [0, 0.1) is 13.8 Å². The second-order valence-corrected chi connectivity index (χ2v) is 7.75. The lowest BCUT2D eigenvalue weighted by atomic mass is 10.0. The van der Waals surface area contributed by atoms with Gasteiger partial charge in [0, 0.05) is 22.7 Å². The lowest BCUT2D eigenvalue weighted by Crippen LogP contribution is -3.12. The summed E-state index contributed by atoms with van der Waals surface area (Å²) in [6.07, 6.45) is 1.83. The van der Waals surface area contributed by atoms with E-state index in [1.165, 1.54) is 5.56 Å². The highest BCUT2D eigenvalue weighted by molar-refractivity contribution is 6.09. The molecule has 0 fully saturated rings. The van der Waals surface area contributed by atoms with E-state index in [1.54, 1.807) is 0 Å². The first-order valence-electron chi connectivity index (χ1n) is 10.0.